The highest BCUT2D eigenvalue weighted by Gasteiger charge is 2.03. The molecule has 0 aliphatic heterocycles. The van der Waals surface area contributed by atoms with Gasteiger partial charge < -0.3 is 16.0 Å². The first-order chi connectivity index (χ1) is 13.4. The van der Waals surface area contributed by atoms with Crippen LogP contribution < -0.4 is 16.0 Å². The van der Waals surface area contributed by atoms with Crippen molar-refractivity contribution in [2.75, 3.05) is 17.2 Å². The fraction of sp³-hybridized carbons (Fsp3) is 0.190. The van der Waals surface area contributed by atoms with Gasteiger partial charge in [0.25, 0.3) is 0 Å². The van der Waals surface area contributed by atoms with Gasteiger partial charge in [0.15, 0.2) is 0 Å². The molecule has 0 aliphatic rings. The van der Waals surface area contributed by atoms with Crippen LogP contribution in [0, 0.1) is 0 Å². The van der Waals surface area contributed by atoms with E-state index in [1.165, 1.54) is 13.0 Å². The zero-order chi connectivity index (χ0) is 20.4. The van der Waals surface area contributed by atoms with Crippen LogP contribution in [0.25, 0.3) is 6.08 Å². The Kier molecular flexibility index (Phi) is 8.24. The molecule has 28 heavy (non-hydrogen) atoms. The lowest BCUT2D eigenvalue weighted by Crippen LogP contribution is -2.23. The van der Waals surface area contributed by atoms with Gasteiger partial charge in [-0.2, -0.15) is 0 Å². The van der Waals surface area contributed by atoms with E-state index in [4.69, 9.17) is 11.6 Å². The molecule has 146 valence electrons. The lowest BCUT2D eigenvalue weighted by molar-refractivity contribution is -0.118. The molecular weight excluding hydrogens is 378 g/mol. The number of benzene rings is 2. The SMILES string of the molecule is CC(=O)Nc1ccc(/C=C/C(=O)NCCCC(=O)Nc2ccc(Cl)cc2)cc1. The van der Waals surface area contributed by atoms with Crippen molar-refractivity contribution in [3.05, 3.63) is 65.2 Å². The lowest BCUT2D eigenvalue weighted by atomic mass is 10.2. The highest BCUT2D eigenvalue weighted by Crippen LogP contribution is 2.13. The largest absolute Gasteiger partial charge is 0.353 e. The summed E-state index contributed by atoms with van der Waals surface area (Å²) in [7, 11) is 0. The zero-order valence-electron chi connectivity index (χ0n) is 15.5. The van der Waals surface area contributed by atoms with Crippen LogP contribution in [-0.4, -0.2) is 24.3 Å². The molecule has 6 nitrogen and oxygen atoms in total. The van der Waals surface area contributed by atoms with Gasteiger partial charge in [-0.1, -0.05) is 23.7 Å². The van der Waals surface area contributed by atoms with E-state index in [9.17, 15) is 14.4 Å². The number of rotatable bonds is 8. The summed E-state index contributed by atoms with van der Waals surface area (Å²) in [6.45, 7) is 1.85. The summed E-state index contributed by atoms with van der Waals surface area (Å²) in [5, 5.41) is 8.79. The molecule has 2 aromatic carbocycles. The maximum absolute atomic E-state index is 11.9. The summed E-state index contributed by atoms with van der Waals surface area (Å²) >= 11 is 5.80. The Hall–Kier alpha value is -3.12. The van der Waals surface area contributed by atoms with Crippen LogP contribution >= 0.6 is 11.6 Å². The van der Waals surface area contributed by atoms with Gasteiger partial charge >= 0.3 is 0 Å². The Bertz CT molecular complexity index is 846. The van der Waals surface area contributed by atoms with E-state index in [0.717, 1.165) is 5.56 Å². The van der Waals surface area contributed by atoms with Gasteiger partial charge in [-0.25, -0.2) is 0 Å². The van der Waals surface area contributed by atoms with E-state index in [2.05, 4.69) is 16.0 Å². The molecule has 0 atom stereocenters. The predicted octanol–water partition coefficient (Wildman–Crippen LogP) is 3.85. The number of halogens is 1. The van der Waals surface area contributed by atoms with Gasteiger partial charge in [0.05, 0.1) is 0 Å². The molecule has 2 rings (SSSR count). The summed E-state index contributed by atoms with van der Waals surface area (Å²) in [5.41, 5.74) is 2.23. The molecule has 0 heterocycles. The third-order valence-corrected chi connectivity index (χ3v) is 3.92. The van der Waals surface area contributed by atoms with Gasteiger partial charge in [0.2, 0.25) is 17.7 Å². The number of anilines is 2. The summed E-state index contributed by atoms with van der Waals surface area (Å²) in [6, 6.07) is 14.0. The summed E-state index contributed by atoms with van der Waals surface area (Å²) < 4.78 is 0. The van der Waals surface area contributed by atoms with Crippen LogP contribution in [0.15, 0.2) is 54.6 Å². The van der Waals surface area contributed by atoms with Crippen molar-refractivity contribution in [2.24, 2.45) is 0 Å². The van der Waals surface area contributed by atoms with Crippen LogP contribution in [0.2, 0.25) is 5.02 Å². The minimum atomic E-state index is -0.232. The second-order valence-electron chi connectivity index (χ2n) is 6.09. The van der Waals surface area contributed by atoms with Gasteiger partial charge in [-0.15, -0.1) is 0 Å². The van der Waals surface area contributed by atoms with Crippen LogP contribution in [0.3, 0.4) is 0 Å². The first-order valence-electron chi connectivity index (χ1n) is 8.81. The summed E-state index contributed by atoms with van der Waals surface area (Å²) in [4.78, 5) is 34.7. The minimum Gasteiger partial charge on any atom is -0.353 e. The maximum Gasteiger partial charge on any atom is 0.243 e. The average Bonchev–Trinajstić information content (AvgIpc) is 2.66. The van der Waals surface area contributed by atoms with Crippen molar-refractivity contribution in [3.8, 4) is 0 Å². The number of hydrogen-bond acceptors (Lipinski definition) is 3. The Balaban J connectivity index is 1.66. The molecule has 3 amide bonds. The van der Waals surface area contributed by atoms with E-state index >= 15 is 0 Å². The molecular formula is C21H22ClN3O3. The zero-order valence-corrected chi connectivity index (χ0v) is 16.3. The molecule has 0 aromatic heterocycles. The van der Waals surface area contributed by atoms with E-state index < -0.39 is 0 Å². The molecule has 0 saturated carbocycles. The van der Waals surface area contributed by atoms with E-state index in [-0.39, 0.29) is 17.7 Å². The smallest absolute Gasteiger partial charge is 0.243 e. The fourth-order valence-corrected chi connectivity index (χ4v) is 2.45. The molecule has 0 radical (unpaired) electrons. The molecule has 3 N–H and O–H groups in total. The summed E-state index contributed by atoms with van der Waals surface area (Å²) in [6.07, 6.45) is 3.95. The van der Waals surface area contributed by atoms with Crippen molar-refractivity contribution in [3.63, 3.8) is 0 Å². The van der Waals surface area contributed by atoms with E-state index in [0.29, 0.717) is 35.8 Å². The molecule has 0 unspecified atom stereocenters. The normalized spacial score (nSPS) is 10.5. The Labute approximate surface area is 169 Å². The van der Waals surface area contributed by atoms with Gasteiger partial charge in [0, 0.05) is 42.4 Å². The van der Waals surface area contributed by atoms with Crippen LogP contribution in [0.5, 0.6) is 0 Å². The highest BCUT2D eigenvalue weighted by atomic mass is 35.5. The Morgan fingerprint density at radius 2 is 1.54 bits per heavy atom. The van der Waals surface area contributed by atoms with Crippen molar-refractivity contribution in [2.45, 2.75) is 19.8 Å². The predicted molar refractivity (Wildman–Crippen MR) is 112 cm³/mol. The van der Waals surface area contributed by atoms with E-state index in [1.807, 2.05) is 0 Å². The van der Waals surface area contributed by atoms with E-state index in [1.54, 1.807) is 54.6 Å². The topological polar surface area (TPSA) is 87.3 Å². The molecule has 0 bridgehead atoms. The first kappa shape index (κ1) is 21.2. The second kappa shape index (κ2) is 10.9. The molecule has 0 aliphatic carbocycles. The van der Waals surface area contributed by atoms with Crippen LogP contribution in [0.1, 0.15) is 25.3 Å². The average molecular weight is 400 g/mol. The van der Waals surface area contributed by atoms with Gasteiger partial charge in [-0.05, 0) is 54.5 Å². The Morgan fingerprint density at radius 1 is 0.929 bits per heavy atom. The van der Waals surface area contributed by atoms with Crippen molar-refractivity contribution >= 4 is 46.8 Å². The fourth-order valence-electron chi connectivity index (χ4n) is 2.33. The Morgan fingerprint density at radius 3 is 2.18 bits per heavy atom. The van der Waals surface area contributed by atoms with Gasteiger partial charge in [-0.3, -0.25) is 14.4 Å². The molecule has 0 saturated heterocycles. The highest BCUT2D eigenvalue weighted by molar-refractivity contribution is 6.30. The van der Waals surface area contributed by atoms with Crippen LogP contribution in [0.4, 0.5) is 11.4 Å². The number of nitrogens with one attached hydrogen (secondary N) is 3. The first-order valence-corrected chi connectivity index (χ1v) is 9.19. The minimum absolute atomic E-state index is 0.119. The monoisotopic (exact) mass is 399 g/mol. The van der Waals surface area contributed by atoms with Gasteiger partial charge in [0.1, 0.15) is 0 Å². The molecule has 7 heteroatoms. The van der Waals surface area contributed by atoms with Crippen molar-refractivity contribution in [1.29, 1.82) is 0 Å². The third kappa shape index (κ3) is 8.05. The number of amides is 3. The maximum atomic E-state index is 11.9. The lowest BCUT2D eigenvalue weighted by Gasteiger charge is -2.06. The number of carbonyl (C=O) groups excluding carboxylic acids is 3. The summed E-state index contributed by atoms with van der Waals surface area (Å²) in [5.74, 6) is -0.486. The number of carbonyl (C=O) groups is 3. The third-order valence-electron chi connectivity index (χ3n) is 3.67. The quantitative estimate of drug-likeness (QED) is 0.465. The van der Waals surface area contributed by atoms with Crippen molar-refractivity contribution in [1.82, 2.24) is 5.32 Å². The number of hydrogen-bond donors (Lipinski definition) is 3. The van der Waals surface area contributed by atoms with Crippen LogP contribution in [-0.2, 0) is 14.4 Å². The van der Waals surface area contributed by atoms with Crippen molar-refractivity contribution < 1.29 is 14.4 Å². The standard InChI is InChI=1S/C21H22ClN3O3/c1-15(26)24-18-9-4-16(5-10-18)6-13-20(27)23-14-2-3-21(28)25-19-11-7-17(22)8-12-19/h4-13H,2-3,14H2,1H3,(H,23,27)(H,24,26)(H,25,28)/b13-6+. The molecule has 0 spiro atoms. The molecule has 0 fully saturated rings. The second-order valence-corrected chi connectivity index (χ2v) is 6.52. The molecule has 2 aromatic rings.